The van der Waals surface area contributed by atoms with Crippen molar-refractivity contribution in [1.29, 1.82) is 0 Å². The number of carboxylic acids is 1. The van der Waals surface area contributed by atoms with E-state index in [0.29, 0.717) is 11.4 Å². The van der Waals surface area contributed by atoms with Crippen LogP contribution < -0.4 is 5.11 Å². The van der Waals surface area contributed by atoms with Crippen LogP contribution in [0.2, 0.25) is 5.02 Å². The summed E-state index contributed by atoms with van der Waals surface area (Å²) in [6.45, 7) is 0. The average Bonchev–Trinajstić information content (AvgIpc) is 2.69. The van der Waals surface area contributed by atoms with Crippen LogP contribution in [0.3, 0.4) is 0 Å². The molecule has 0 radical (unpaired) electrons. The van der Waals surface area contributed by atoms with Gasteiger partial charge in [-0.3, -0.25) is 4.68 Å². The van der Waals surface area contributed by atoms with E-state index in [1.807, 2.05) is 18.3 Å². The Bertz CT molecular complexity index is 615. The van der Waals surface area contributed by atoms with Crippen molar-refractivity contribution in [2.45, 2.75) is 16.6 Å². The Labute approximate surface area is 139 Å². The highest BCUT2D eigenvalue weighted by Crippen LogP contribution is 2.29. The van der Waals surface area contributed by atoms with E-state index in [-0.39, 0.29) is 0 Å². The van der Waals surface area contributed by atoms with Crippen LogP contribution in [0.25, 0.3) is 0 Å². The van der Waals surface area contributed by atoms with Crippen LogP contribution in [-0.2, 0) is 18.3 Å². The van der Waals surface area contributed by atoms with E-state index in [9.17, 15) is 9.90 Å². The zero-order chi connectivity index (χ0) is 14.7. The quantitative estimate of drug-likeness (QED) is 0.548. The highest BCUT2D eigenvalue weighted by Gasteiger charge is 2.16. The van der Waals surface area contributed by atoms with Gasteiger partial charge in [-0.15, -0.1) is 11.8 Å². The Balaban J connectivity index is 2.13. The van der Waals surface area contributed by atoms with Gasteiger partial charge in [0.25, 0.3) is 0 Å². The molecule has 0 aliphatic heterocycles. The Morgan fingerprint density at radius 1 is 1.50 bits per heavy atom. The van der Waals surface area contributed by atoms with Crippen molar-refractivity contribution < 1.29 is 9.90 Å². The molecule has 1 unspecified atom stereocenters. The monoisotopic (exact) mass is 421 g/mol. The summed E-state index contributed by atoms with van der Waals surface area (Å²) in [5, 5.41) is 15.5. The number of hydrogen-bond donors (Lipinski definition) is 0. The van der Waals surface area contributed by atoms with Gasteiger partial charge in [-0.25, -0.2) is 0 Å². The fourth-order valence-electron chi connectivity index (χ4n) is 1.68. The molecule has 2 rings (SSSR count). The topological polar surface area (TPSA) is 58.0 Å². The Morgan fingerprint density at radius 3 is 2.65 bits per heavy atom. The van der Waals surface area contributed by atoms with Gasteiger partial charge in [0.05, 0.1) is 16.1 Å². The number of aliphatic carboxylic acids is 1. The smallest absolute Gasteiger partial charge is 0.136 e. The molecule has 0 saturated carbocycles. The fourth-order valence-corrected chi connectivity index (χ4v) is 3.70. The first-order valence-corrected chi connectivity index (χ1v) is 8.10. The third kappa shape index (κ3) is 4.13. The first-order valence-electron chi connectivity index (χ1n) is 5.77. The Hall–Kier alpha value is -0.730. The Kier molecular flexibility index (Phi) is 5.34. The fraction of sp³-hybridized carbons (Fsp3) is 0.231. The molecule has 0 bridgehead atoms. The number of thioether (sulfide) groups is 1. The summed E-state index contributed by atoms with van der Waals surface area (Å²) in [6, 6.07) is 7.16. The number of benzene rings is 1. The van der Waals surface area contributed by atoms with E-state index in [2.05, 4.69) is 27.7 Å². The van der Waals surface area contributed by atoms with E-state index < -0.39 is 11.2 Å². The molecule has 0 spiro atoms. The molecule has 0 fully saturated rings. The third-order valence-corrected chi connectivity index (χ3v) is 5.23. The van der Waals surface area contributed by atoms with Gasteiger partial charge in [-0.05, 0) is 46.7 Å². The maximum absolute atomic E-state index is 11.3. The molecule has 0 saturated heterocycles. The van der Waals surface area contributed by atoms with Crippen LogP contribution in [0.1, 0.15) is 5.56 Å². The summed E-state index contributed by atoms with van der Waals surface area (Å²) in [5.74, 6) is -1.08. The van der Waals surface area contributed by atoms with Gasteiger partial charge in [0.1, 0.15) is 3.70 Å². The minimum atomic E-state index is -1.08. The summed E-state index contributed by atoms with van der Waals surface area (Å²) < 4.78 is 2.45. The normalized spacial score (nSPS) is 12.3. The maximum atomic E-state index is 11.3. The van der Waals surface area contributed by atoms with Crippen LogP contribution in [0.15, 0.2) is 35.4 Å². The summed E-state index contributed by atoms with van der Waals surface area (Å²) >= 11 is 9.17. The van der Waals surface area contributed by atoms with E-state index in [1.54, 1.807) is 23.9 Å². The van der Waals surface area contributed by atoms with E-state index >= 15 is 0 Å². The number of nitrogens with zero attached hydrogens (tertiary/aromatic N) is 2. The zero-order valence-electron chi connectivity index (χ0n) is 10.5. The van der Waals surface area contributed by atoms with Crippen molar-refractivity contribution in [3.63, 3.8) is 0 Å². The van der Waals surface area contributed by atoms with E-state index in [4.69, 9.17) is 11.6 Å². The molecule has 2 aromatic rings. The molecule has 1 heterocycles. The number of halogens is 2. The largest absolute Gasteiger partial charge is 0.549 e. The molecule has 20 heavy (non-hydrogen) atoms. The minimum Gasteiger partial charge on any atom is -0.549 e. The van der Waals surface area contributed by atoms with E-state index in [0.717, 1.165) is 14.2 Å². The lowest BCUT2D eigenvalue weighted by molar-refractivity contribution is -0.304. The Morgan fingerprint density at radius 2 is 2.15 bits per heavy atom. The molecule has 4 nitrogen and oxygen atoms in total. The number of carbonyl (C=O) groups excluding carboxylic acids is 1. The standard InChI is InChI=1S/C13H12ClIN2O2S/c1-17-7-11(12(15)16-17)20-10(13(18)19)6-8-2-4-9(14)5-3-8/h2-5,7,10H,6H2,1H3,(H,18,19)/p-1. The van der Waals surface area contributed by atoms with Gasteiger partial charge in [0, 0.05) is 18.3 Å². The third-order valence-electron chi connectivity index (χ3n) is 2.62. The van der Waals surface area contributed by atoms with Crippen molar-refractivity contribution in [3.8, 4) is 0 Å². The van der Waals surface area contributed by atoms with Crippen LogP contribution in [0.4, 0.5) is 0 Å². The summed E-state index contributed by atoms with van der Waals surface area (Å²) in [6.07, 6.45) is 2.19. The molecule has 0 aliphatic carbocycles. The van der Waals surface area contributed by atoms with Crippen molar-refractivity contribution in [3.05, 3.63) is 44.7 Å². The first-order chi connectivity index (χ1) is 9.45. The highest BCUT2D eigenvalue weighted by atomic mass is 127. The predicted octanol–water partition coefficient (Wildman–Crippen LogP) is 2.13. The lowest BCUT2D eigenvalue weighted by Gasteiger charge is -2.17. The van der Waals surface area contributed by atoms with Crippen molar-refractivity contribution in [1.82, 2.24) is 9.78 Å². The summed E-state index contributed by atoms with van der Waals surface area (Å²) in [4.78, 5) is 12.1. The minimum absolute atomic E-state index is 0.384. The SMILES string of the molecule is Cn1cc(SC(Cc2ccc(Cl)cc2)C(=O)[O-])c(I)n1. The number of hydrogen-bond acceptors (Lipinski definition) is 4. The number of aromatic nitrogens is 2. The van der Waals surface area contributed by atoms with Crippen LogP contribution >= 0.6 is 46.0 Å². The number of rotatable bonds is 5. The van der Waals surface area contributed by atoms with E-state index in [1.165, 1.54) is 11.8 Å². The molecule has 7 heteroatoms. The molecule has 0 amide bonds. The zero-order valence-corrected chi connectivity index (χ0v) is 14.3. The molecule has 0 N–H and O–H groups in total. The number of aryl methyl sites for hydroxylation is 1. The molecule has 1 aromatic carbocycles. The summed E-state index contributed by atoms with van der Waals surface area (Å²) in [5.41, 5.74) is 0.912. The van der Waals surface area contributed by atoms with Crippen molar-refractivity contribution in [2.75, 3.05) is 0 Å². The first kappa shape index (κ1) is 15.7. The second-order valence-corrected chi connectivity index (χ2v) is 6.92. The highest BCUT2D eigenvalue weighted by molar-refractivity contribution is 14.1. The molecule has 106 valence electrons. The second kappa shape index (κ2) is 6.82. The number of carbonyl (C=O) groups is 1. The lowest BCUT2D eigenvalue weighted by Crippen LogP contribution is -2.34. The van der Waals surface area contributed by atoms with Crippen LogP contribution in [-0.4, -0.2) is 21.0 Å². The van der Waals surface area contributed by atoms with Crippen LogP contribution in [0, 0.1) is 3.70 Å². The second-order valence-electron chi connectivity index (χ2n) is 4.21. The number of carboxylic acid groups (broad SMARTS) is 1. The van der Waals surface area contributed by atoms with Crippen molar-refractivity contribution in [2.24, 2.45) is 7.05 Å². The van der Waals surface area contributed by atoms with Gasteiger partial charge in [-0.2, -0.15) is 5.10 Å². The van der Waals surface area contributed by atoms with Crippen molar-refractivity contribution >= 4 is 51.9 Å². The van der Waals surface area contributed by atoms with Gasteiger partial charge in [-0.1, -0.05) is 23.7 Å². The summed E-state index contributed by atoms with van der Waals surface area (Å²) in [7, 11) is 1.81. The molecule has 0 aliphatic rings. The van der Waals surface area contributed by atoms with Gasteiger partial charge < -0.3 is 9.90 Å². The molecule has 1 aromatic heterocycles. The van der Waals surface area contributed by atoms with Gasteiger partial charge in [0.2, 0.25) is 0 Å². The molecule has 1 atom stereocenters. The van der Waals surface area contributed by atoms with Gasteiger partial charge in [0.15, 0.2) is 0 Å². The predicted molar refractivity (Wildman–Crippen MR) is 85.7 cm³/mol. The molecular weight excluding hydrogens is 411 g/mol. The van der Waals surface area contributed by atoms with Crippen LogP contribution in [0.5, 0.6) is 0 Å². The average molecular weight is 422 g/mol. The molecular formula is C13H11ClIN2O2S-. The maximum Gasteiger partial charge on any atom is 0.136 e. The lowest BCUT2D eigenvalue weighted by atomic mass is 10.1. The van der Waals surface area contributed by atoms with Gasteiger partial charge >= 0.3 is 0 Å².